The first kappa shape index (κ1) is 13.3. The van der Waals surface area contributed by atoms with Gasteiger partial charge in [0.15, 0.2) is 0 Å². The Morgan fingerprint density at radius 1 is 1.50 bits per heavy atom. The molecule has 0 rings (SSSR count). The van der Waals surface area contributed by atoms with Gasteiger partial charge in [-0.1, -0.05) is 25.5 Å². The summed E-state index contributed by atoms with van der Waals surface area (Å²) in [6.07, 6.45) is 11.8. The third-order valence-corrected chi connectivity index (χ3v) is 2.08. The summed E-state index contributed by atoms with van der Waals surface area (Å²) in [6, 6.07) is 0.588. The number of terminal acetylenes is 1. The lowest BCUT2D eigenvalue weighted by molar-refractivity contribution is 0.593. The van der Waals surface area contributed by atoms with Crippen LogP contribution in [0.15, 0.2) is 11.6 Å². The Labute approximate surface area is 89.0 Å². The molecule has 0 heterocycles. The van der Waals surface area contributed by atoms with Gasteiger partial charge in [-0.2, -0.15) is 0 Å². The molecule has 0 bridgehead atoms. The third-order valence-electron chi connectivity index (χ3n) is 2.08. The zero-order valence-electron chi connectivity index (χ0n) is 9.77. The molecule has 0 fully saturated rings. The molecule has 1 heteroatoms. The van der Waals surface area contributed by atoms with E-state index in [9.17, 15) is 0 Å². The molecule has 80 valence electrons. The predicted molar refractivity (Wildman–Crippen MR) is 64.2 cm³/mol. The average Bonchev–Trinajstić information content (AvgIpc) is 2.13. The second kappa shape index (κ2) is 8.84. The van der Waals surface area contributed by atoms with Gasteiger partial charge in [-0.15, -0.1) is 12.3 Å². The molecule has 1 N–H and O–H groups in total. The molecule has 1 nitrogen and oxygen atoms in total. The van der Waals surface area contributed by atoms with Gasteiger partial charge in [-0.05, 0) is 32.7 Å². The van der Waals surface area contributed by atoms with Crippen molar-refractivity contribution in [3.05, 3.63) is 11.6 Å². The fourth-order valence-corrected chi connectivity index (χ4v) is 1.26. The third kappa shape index (κ3) is 9.35. The Morgan fingerprint density at radius 3 is 2.79 bits per heavy atom. The van der Waals surface area contributed by atoms with Crippen molar-refractivity contribution in [3.8, 4) is 12.3 Å². The van der Waals surface area contributed by atoms with Gasteiger partial charge in [-0.25, -0.2) is 0 Å². The van der Waals surface area contributed by atoms with Gasteiger partial charge in [0.25, 0.3) is 0 Å². The molecule has 0 aliphatic rings. The van der Waals surface area contributed by atoms with Crippen LogP contribution in [0.3, 0.4) is 0 Å². The highest BCUT2D eigenvalue weighted by molar-refractivity contribution is 4.99. The normalized spacial score (nSPS) is 11.8. The van der Waals surface area contributed by atoms with Crippen LogP contribution in [-0.4, -0.2) is 12.6 Å². The average molecular weight is 193 g/mol. The van der Waals surface area contributed by atoms with Gasteiger partial charge in [0.05, 0.1) is 0 Å². The fraction of sp³-hybridized carbons (Fsp3) is 0.692. The maximum atomic E-state index is 5.19. The highest BCUT2D eigenvalue weighted by atomic mass is 14.9. The molecular weight excluding hydrogens is 170 g/mol. The molecule has 0 spiro atoms. The second-order valence-corrected chi connectivity index (χ2v) is 4.01. The topological polar surface area (TPSA) is 12.0 Å². The molecule has 0 atom stereocenters. The Hall–Kier alpha value is -0.740. The summed E-state index contributed by atoms with van der Waals surface area (Å²) in [5, 5.41) is 3.39. The van der Waals surface area contributed by atoms with Crippen molar-refractivity contribution in [2.45, 2.75) is 52.5 Å². The molecular formula is C13H23N. The number of allylic oxidation sites excluding steroid dienone is 1. The Balaban J connectivity index is 3.42. The van der Waals surface area contributed by atoms with Crippen molar-refractivity contribution in [1.29, 1.82) is 0 Å². The highest BCUT2D eigenvalue weighted by Crippen LogP contribution is 2.06. The van der Waals surface area contributed by atoms with E-state index < -0.39 is 0 Å². The van der Waals surface area contributed by atoms with E-state index in [-0.39, 0.29) is 0 Å². The second-order valence-electron chi connectivity index (χ2n) is 4.01. The first-order chi connectivity index (χ1) is 6.66. The number of hydrogen-bond acceptors (Lipinski definition) is 1. The van der Waals surface area contributed by atoms with Crippen LogP contribution in [0.2, 0.25) is 0 Å². The summed E-state index contributed by atoms with van der Waals surface area (Å²) in [4.78, 5) is 0. The predicted octanol–water partition coefficient (Wildman–Crippen LogP) is 3.12. The summed E-state index contributed by atoms with van der Waals surface area (Å²) in [6.45, 7) is 7.60. The van der Waals surface area contributed by atoms with Gasteiger partial charge in [0.1, 0.15) is 0 Å². The van der Waals surface area contributed by atoms with Crippen LogP contribution in [0.1, 0.15) is 46.5 Å². The monoisotopic (exact) mass is 193 g/mol. The van der Waals surface area contributed by atoms with E-state index in [4.69, 9.17) is 6.42 Å². The Morgan fingerprint density at radius 2 is 2.21 bits per heavy atom. The van der Waals surface area contributed by atoms with Crippen molar-refractivity contribution in [2.24, 2.45) is 0 Å². The molecule has 0 aliphatic heterocycles. The maximum absolute atomic E-state index is 5.19. The quantitative estimate of drug-likeness (QED) is 0.372. The molecule has 0 saturated carbocycles. The van der Waals surface area contributed by atoms with Crippen LogP contribution in [0.4, 0.5) is 0 Å². The van der Waals surface area contributed by atoms with Crippen LogP contribution in [0.5, 0.6) is 0 Å². The first-order valence-electron chi connectivity index (χ1n) is 5.49. The molecule has 0 aromatic heterocycles. The van der Waals surface area contributed by atoms with Crippen LogP contribution < -0.4 is 5.32 Å². The van der Waals surface area contributed by atoms with Gasteiger partial charge >= 0.3 is 0 Å². The smallest absolute Gasteiger partial charge is 0.00891 e. The first-order valence-corrected chi connectivity index (χ1v) is 5.49. The van der Waals surface area contributed by atoms with Gasteiger partial charge < -0.3 is 5.32 Å². The molecule has 0 unspecified atom stereocenters. The Kier molecular flexibility index (Phi) is 8.37. The summed E-state index contributed by atoms with van der Waals surface area (Å²) in [5.74, 6) is 2.67. The lowest BCUT2D eigenvalue weighted by Crippen LogP contribution is -2.23. The van der Waals surface area contributed by atoms with Gasteiger partial charge in [0.2, 0.25) is 0 Å². The van der Waals surface area contributed by atoms with Crippen LogP contribution in [0, 0.1) is 12.3 Å². The standard InChI is InChI=1S/C13H23N/c1-5-6-7-9-13(4)10-8-11-14-12(2)3/h1,10,12,14H,6-9,11H2,2-4H3/b13-10-. The van der Waals surface area contributed by atoms with Crippen molar-refractivity contribution in [3.63, 3.8) is 0 Å². The van der Waals surface area contributed by atoms with Crippen molar-refractivity contribution in [2.75, 3.05) is 6.54 Å². The zero-order chi connectivity index (χ0) is 10.8. The van der Waals surface area contributed by atoms with Crippen molar-refractivity contribution in [1.82, 2.24) is 5.32 Å². The minimum atomic E-state index is 0.588. The SMILES string of the molecule is C#CCCC/C(C)=C\CCNC(C)C. The summed E-state index contributed by atoms with van der Waals surface area (Å²) in [5.41, 5.74) is 1.46. The molecule has 0 aromatic rings. The highest BCUT2D eigenvalue weighted by Gasteiger charge is 1.91. The molecule has 0 aromatic carbocycles. The van der Waals surface area contributed by atoms with Crippen LogP contribution in [-0.2, 0) is 0 Å². The van der Waals surface area contributed by atoms with E-state index in [2.05, 4.69) is 38.1 Å². The van der Waals surface area contributed by atoms with E-state index in [1.165, 1.54) is 5.57 Å². The molecule has 14 heavy (non-hydrogen) atoms. The maximum Gasteiger partial charge on any atom is 0.00891 e. The van der Waals surface area contributed by atoms with E-state index in [1.54, 1.807) is 0 Å². The Bertz CT molecular complexity index is 196. The van der Waals surface area contributed by atoms with Gasteiger partial charge in [0, 0.05) is 12.5 Å². The van der Waals surface area contributed by atoms with Crippen LogP contribution >= 0.6 is 0 Å². The molecule has 0 amide bonds. The minimum absolute atomic E-state index is 0.588. The van der Waals surface area contributed by atoms with Crippen molar-refractivity contribution < 1.29 is 0 Å². The summed E-state index contributed by atoms with van der Waals surface area (Å²) < 4.78 is 0. The molecule has 0 saturated heterocycles. The van der Waals surface area contributed by atoms with E-state index >= 15 is 0 Å². The van der Waals surface area contributed by atoms with Crippen molar-refractivity contribution >= 4 is 0 Å². The summed E-state index contributed by atoms with van der Waals surface area (Å²) >= 11 is 0. The van der Waals surface area contributed by atoms with E-state index in [0.717, 1.165) is 32.2 Å². The lowest BCUT2D eigenvalue weighted by atomic mass is 10.1. The minimum Gasteiger partial charge on any atom is -0.314 e. The number of rotatable bonds is 7. The van der Waals surface area contributed by atoms with Crippen LogP contribution in [0.25, 0.3) is 0 Å². The van der Waals surface area contributed by atoms with Gasteiger partial charge in [-0.3, -0.25) is 0 Å². The summed E-state index contributed by atoms with van der Waals surface area (Å²) in [7, 11) is 0. The lowest BCUT2D eigenvalue weighted by Gasteiger charge is -2.06. The van der Waals surface area contributed by atoms with E-state index in [1.807, 2.05) is 0 Å². The number of unbranched alkanes of at least 4 members (excludes halogenated alkanes) is 1. The zero-order valence-corrected chi connectivity index (χ0v) is 9.77. The largest absolute Gasteiger partial charge is 0.314 e. The number of nitrogens with one attached hydrogen (secondary N) is 1. The fourth-order valence-electron chi connectivity index (χ4n) is 1.26. The van der Waals surface area contributed by atoms with E-state index in [0.29, 0.717) is 6.04 Å². The number of hydrogen-bond donors (Lipinski definition) is 1. The molecule has 0 aliphatic carbocycles. The molecule has 0 radical (unpaired) electrons.